The van der Waals surface area contributed by atoms with Gasteiger partial charge in [0.1, 0.15) is 16.9 Å². The standard InChI is InChI=1S/C18H17ClO3/c1-21-14-5-2-4-12(11-14)10-13-7-8-15(17(19)18(13)20)16-6-3-9-22-16/h2-6,9-11,15,17H,7-8H2,1H3. The predicted octanol–water partition coefficient (Wildman–Crippen LogP) is 4.43. The molecule has 0 saturated heterocycles. The normalized spacial score (nSPS) is 23.7. The van der Waals surface area contributed by atoms with Crippen LogP contribution in [0.5, 0.6) is 5.75 Å². The van der Waals surface area contributed by atoms with Crippen LogP contribution in [-0.2, 0) is 4.79 Å². The van der Waals surface area contributed by atoms with Gasteiger partial charge in [0.2, 0.25) is 0 Å². The number of methoxy groups -OCH3 is 1. The lowest BCUT2D eigenvalue weighted by atomic mass is 9.82. The highest BCUT2D eigenvalue weighted by atomic mass is 35.5. The van der Waals surface area contributed by atoms with Gasteiger partial charge in [0, 0.05) is 5.92 Å². The van der Waals surface area contributed by atoms with Gasteiger partial charge in [-0.15, -0.1) is 11.6 Å². The van der Waals surface area contributed by atoms with Crippen LogP contribution in [0.3, 0.4) is 0 Å². The molecule has 0 amide bonds. The van der Waals surface area contributed by atoms with Crippen LogP contribution in [0.25, 0.3) is 6.08 Å². The van der Waals surface area contributed by atoms with Crippen molar-refractivity contribution in [2.45, 2.75) is 24.1 Å². The SMILES string of the molecule is COc1cccc(C=C2CCC(c3ccco3)C(Cl)C2=O)c1. The van der Waals surface area contributed by atoms with Crippen molar-refractivity contribution in [3.05, 3.63) is 59.6 Å². The molecule has 0 spiro atoms. The molecule has 1 fully saturated rings. The molecule has 0 aliphatic heterocycles. The van der Waals surface area contributed by atoms with Crippen LogP contribution in [0.1, 0.15) is 30.1 Å². The summed E-state index contributed by atoms with van der Waals surface area (Å²) in [7, 11) is 1.63. The Morgan fingerprint density at radius 2 is 2.18 bits per heavy atom. The van der Waals surface area contributed by atoms with E-state index in [0.717, 1.165) is 29.1 Å². The fourth-order valence-electron chi connectivity index (χ4n) is 2.80. The summed E-state index contributed by atoms with van der Waals surface area (Å²) >= 11 is 6.37. The number of Topliss-reactive ketones (excluding diaryl/α,β-unsaturated/α-hetero) is 1. The van der Waals surface area contributed by atoms with Gasteiger partial charge in [-0.3, -0.25) is 4.79 Å². The number of rotatable bonds is 3. The molecule has 114 valence electrons. The number of carbonyl (C=O) groups excluding carboxylic acids is 1. The summed E-state index contributed by atoms with van der Waals surface area (Å²) in [5, 5.41) is -0.572. The van der Waals surface area contributed by atoms with E-state index in [2.05, 4.69) is 0 Å². The van der Waals surface area contributed by atoms with Crippen molar-refractivity contribution >= 4 is 23.5 Å². The zero-order valence-electron chi connectivity index (χ0n) is 12.3. The number of ether oxygens (including phenoxy) is 1. The van der Waals surface area contributed by atoms with E-state index in [0.29, 0.717) is 6.42 Å². The van der Waals surface area contributed by atoms with Crippen molar-refractivity contribution in [3.63, 3.8) is 0 Å². The molecule has 0 bridgehead atoms. The molecule has 2 aromatic rings. The van der Waals surface area contributed by atoms with E-state index in [1.54, 1.807) is 13.4 Å². The summed E-state index contributed by atoms with van der Waals surface area (Å²) < 4.78 is 10.6. The number of allylic oxidation sites excluding steroid dienone is 1. The Bertz CT molecular complexity index is 688. The van der Waals surface area contributed by atoms with E-state index in [4.69, 9.17) is 20.8 Å². The lowest BCUT2D eigenvalue weighted by Crippen LogP contribution is -2.29. The summed E-state index contributed by atoms with van der Waals surface area (Å²) in [6.07, 6.45) is 5.03. The molecule has 22 heavy (non-hydrogen) atoms. The maximum absolute atomic E-state index is 12.5. The van der Waals surface area contributed by atoms with E-state index in [1.165, 1.54) is 0 Å². The second-order valence-corrected chi connectivity index (χ2v) is 5.84. The fourth-order valence-corrected chi connectivity index (χ4v) is 3.20. The van der Waals surface area contributed by atoms with Crippen LogP contribution in [0.2, 0.25) is 0 Å². The Morgan fingerprint density at radius 1 is 1.32 bits per heavy atom. The minimum Gasteiger partial charge on any atom is -0.497 e. The fraction of sp³-hybridized carbons (Fsp3) is 0.278. The molecule has 3 nitrogen and oxygen atoms in total. The number of alkyl halides is 1. The molecular weight excluding hydrogens is 300 g/mol. The quantitative estimate of drug-likeness (QED) is 0.621. The minimum absolute atomic E-state index is 0.0165. The zero-order valence-corrected chi connectivity index (χ0v) is 13.0. The van der Waals surface area contributed by atoms with E-state index in [9.17, 15) is 4.79 Å². The third-order valence-corrected chi connectivity index (χ3v) is 4.49. The Balaban J connectivity index is 1.82. The van der Waals surface area contributed by atoms with Crippen molar-refractivity contribution in [3.8, 4) is 5.75 Å². The molecule has 2 unspecified atom stereocenters. The molecule has 0 radical (unpaired) electrons. The van der Waals surface area contributed by atoms with Crippen molar-refractivity contribution in [1.29, 1.82) is 0 Å². The van der Waals surface area contributed by atoms with Gasteiger partial charge in [-0.25, -0.2) is 0 Å². The highest BCUT2D eigenvalue weighted by Gasteiger charge is 2.35. The summed E-state index contributed by atoms with van der Waals surface area (Å²) in [6, 6.07) is 11.3. The van der Waals surface area contributed by atoms with Crippen LogP contribution in [-0.4, -0.2) is 18.3 Å². The van der Waals surface area contributed by atoms with Gasteiger partial charge in [0.15, 0.2) is 5.78 Å². The molecule has 1 aliphatic carbocycles. The minimum atomic E-state index is -0.572. The highest BCUT2D eigenvalue weighted by Crippen LogP contribution is 2.37. The predicted molar refractivity (Wildman–Crippen MR) is 86.3 cm³/mol. The molecule has 0 N–H and O–H groups in total. The van der Waals surface area contributed by atoms with Crippen LogP contribution in [0.15, 0.2) is 52.7 Å². The number of carbonyl (C=O) groups is 1. The number of ketones is 1. The lowest BCUT2D eigenvalue weighted by molar-refractivity contribution is -0.116. The summed E-state index contributed by atoms with van der Waals surface area (Å²) in [5.41, 5.74) is 1.71. The molecule has 1 aromatic heterocycles. The third kappa shape index (κ3) is 2.95. The maximum Gasteiger partial charge on any atom is 0.177 e. The smallest absolute Gasteiger partial charge is 0.177 e. The molecular formula is C18H17ClO3. The van der Waals surface area contributed by atoms with Crippen LogP contribution < -0.4 is 4.74 Å². The molecule has 1 heterocycles. The Morgan fingerprint density at radius 3 is 2.91 bits per heavy atom. The Hall–Kier alpha value is -2.00. The first kappa shape index (κ1) is 14.9. The summed E-state index contributed by atoms with van der Waals surface area (Å²) in [6.45, 7) is 0. The number of halogens is 1. The number of benzene rings is 1. The second kappa shape index (κ2) is 6.41. The van der Waals surface area contributed by atoms with Gasteiger partial charge < -0.3 is 9.15 Å². The van der Waals surface area contributed by atoms with Gasteiger partial charge in [0.25, 0.3) is 0 Å². The Kier molecular flexibility index (Phi) is 4.34. The first-order valence-electron chi connectivity index (χ1n) is 7.25. The van der Waals surface area contributed by atoms with Gasteiger partial charge in [-0.2, -0.15) is 0 Å². The van der Waals surface area contributed by atoms with Crippen molar-refractivity contribution in [1.82, 2.24) is 0 Å². The van der Waals surface area contributed by atoms with Crippen LogP contribution >= 0.6 is 11.6 Å². The Labute approximate surface area is 134 Å². The van der Waals surface area contributed by atoms with Gasteiger partial charge in [-0.05, 0) is 54.3 Å². The van der Waals surface area contributed by atoms with Gasteiger partial charge in [-0.1, -0.05) is 12.1 Å². The summed E-state index contributed by atoms with van der Waals surface area (Å²) in [4.78, 5) is 12.5. The molecule has 3 rings (SSSR count). The molecule has 1 saturated carbocycles. The molecule has 1 aliphatic rings. The van der Waals surface area contributed by atoms with Crippen LogP contribution in [0, 0.1) is 0 Å². The average Bonchev–Trinajstić information content (AvgIpc) is 3.06. The van der Waals surface area contributed by atoms with Crippen molar-refractivity contribution in [2.24, 2.45) is 0 Å². The monoisotopic (exact) mass is 316 g/mol. The first-order chi connectivity index (χ1) is 10.7. The molecule has 4 heteroatoms. The lowest BCUT2D eigenvalue weighted by Gasteiger charge is -2.26. The highest BCUT2D eigenvalue weighted by molar-refractivity contribution is 6.35. The van der Waals surface area contributed by atoms with Crippen molar-refractivity contribution in [2.75, 3.05) is 7.11 Å². The first-order valence-corrected chi connectivity index (χ1v) is 7.69. The van der Waals surface area contributed by atoms with E-state index in [-0.39, 0.29) is 11.7 Å². The zero-order chi connectivity index (χ0) is 15.5. The third-order valence-electron chi connectivity index (χ3n) is 3.99. The maximum atomic E-state index is 12.5. The van der Waals surface area contributed by atoms with E-state index < -0.39 is 5.38 Å². The molecule has 1 aromatic carbocycles. The number of hydrogen-bond donors (Lipinski definition) is 0. The second-order valence-electron chi connectivity index (χ2n) is 5.37. The van der Waals surface area contributed by atoms with Gasteiger partial charge >= 0.3 is 0 Å². The summed E-state index contributed by atoms with van der Waals surface area (Å²) in [5.74, 6) is 1.49. The topological polar surface area (TPSA) is 39.4 Å². The number of hydrogen-bond acceptors (Lipinski definition) is 3. The van der Waals surface area contributed by atoms with E-state index >= 15 is 0 Å². The molecule has 2 atom stereocenters. The largest absolute Gasteiger partial charge is 0.497 e. The van der Waals surface area contributed by atoms with Crippen molar-refractivity contribution < 1.29 is 13.9 Å². The number of furan rings is 1. The van der Waals surface area contributed by atoms with E-state index in [1.807, 2.05) is 42.5 Å². The van der Waals surface area contributed by atoms with Gasteiger partial charge in [0.05, 0.1) is 13.4 Å². The average molecular weight is 317 g/mol. The van der Waals surface area contributed by atoms with Crippen LogP contribution in [0.4, 0.5) is 0 Å².